The number of thioether (sulfide) groups is 1. The molecule has 0 saturated carbocycles. The summed E-state index contributed by atoms with van der Waals surface area (Å²) in [5.41, 5.74) is 0. The zero-order chi connectivity index (χ0) is 6.97. The standard InChI is InChI=1S/C8H13NS/c1-6-2-3-7-8(4-6)10-5-9-7/h4,6-7,9H,2-3,5H2,1H3. The Morgan fingerprint density at radius 3 is 3.40 bits per heavy atom. The van der Waals surface area contributed by atoms with Gasteiger partial charge in [0.25, 0.3) is 0 Å². The summed E-state index contributed by atoms with van der Waals surface area (Å²) < 4.78 is 0. The minimum absolute atomic E-state index is 0.723. The molecule has 0 radical (unpaired) electrons. The molecule has 1 aliphatic heterocycles. The largest absolute Gasteiger partial charge is 0.300 e. The molecule has 10 heavy (non-hydrogen) atoms. The Hall–Kier alpha value is 0.0500. The van der Waals surface area contributed by atoms with Gasteiger partial charge in [-0.1, -0.05) is 13.0 Å². The molecule has 0 spiro atoms. The van der Waals surface area contributed by atoms with Gasteiger partial charge in [0.15, 0.2) is 0 Å². The summed E-state index contributed by atoms with van der Waals surface area (Å²) >= 11 is 1.98. The minimum atomic E-state index is 0.723. The fourth-order valence-corrected chi connectivity index (χ4v) is 2.81. The molecule has 2 aliphatic rings. The van der Waals surface area contributed by atoms with Crippen molar-refractivity contribution in [2.45, 2.75) is 25.8 Å². The van der Waals surface area contributed by atoms with E-state index in [2.05, 4.69) is 18.3 Å². The highest BCUT2D eigenvalue weighted by Gasteiger charge is 2.24. The molecule has 1 N–H and O–H groups in total. The Kier molecular flexibility index (Phi) is 1.75. The highest BCUT2D eigenvalue weighted by Crippen LogP contribution is 2.34. The summed E-state index contributed by atoms with van der Waals surface area (Å²) in [5, 5.41) is 3.47. The van der Waals surface area contributed by atoms with Crippen LogP contribution in [0.25, 0.3) is 0 Å². The monoisotopic (exact) mass is 155 g/mol. The molecule has 2 unspecified atom stereocenters. The van der Waals surface area contributed by atoms with Gasteiger partial charge in [0.05, 0.1) is 0 Å². The van der Waals surface area contributed by atoms with Crippen molar-refractivity contribution in [3.8, 4) is 0 Å². The van der Waals surface area contributed by atoms with E-state index in [4.69, 9.17) is 0 Å². The van der Waals surface area contributed by atoms with Crippen LogP contribution in [0.15, 0.2) is 11.0 Å². The van der Waals surface area contributed by atoms with E-state index in [1.807, 2.05) is 11.8 Å². The first kappa shape index (κ1) is 6.74. The zero-order valence-electron chi connectivity index (χ0n) is 6.26. The lowest BCUT2D eigenvalue weighted by Crippen LogP contribution is -2.25. The van der Waals surface area contributed by atoms with Gasteiger partial charge >= 0.3 is 0 Å². The normalized spacial score (nSPS) is 39.1. The molecule has 0 bridgehead atoms. The zero-order valence-corrected chi connectivity index (χ0v) is 7.08. The van der Waals surface area contributed by atoms with Gasteiger partial charge in [0.1, 0.15) is 0 Å². The van der Waals surface area contributed by atoms with Gasteiger partial charge in [-0.15, -0.1) is 11.8 Å². The Labute approximate surface area is 66.3 Å². The lowest BCUT2D eigenvalue weighted by molar-refractivity contribution is 0.499. The van der Waals surface area contributed by atoms with Gasteiger partial charge < -0.3 is 5.32 Å². The van der Waals surface area contributed by atoms with Gasteiger partial charge in [0.2, 0.25) is 0 Å². The number of allylic oxidation sites excluding steroid dienone is 1. The van der Waals surface area contributed by atoms with Crippen LogP contribution in [0.5, 0.6) is 0 Å². The van der Waals surface area contributed by atoms with E-state index in [9.17, 15) is 0 Å². The third-order valence-electron chi connectivity index (χ3n) is 2.27. The second-order valence-electron chi connectivity index (χ2n) is 3.17. The fourth-order valence-electron chi connectivity index (χ4n) is 1.63. The van der Waals surface area contributed by atoms with E-state index < -0.39 is 0 Å². The average molecular weight is 155 g/mol. The molecule has 1 heterocycles. The SMILES string of the molecule is CC1C=C2SCNC2CC1. The van der Waals surface area contributed by atoms with E-state index in [0.717, 1.165) is 17.8 Å². The van der Waals surface area contributed by atoms with Crippen LogP contribution in [-0.4, -0.2) is 11.9 Å². The van der Waals surface area contributed by atoms with Crippen LogP contribution >= 0.6 is 11.8 Å². The molecule has 2 rings (SSSR count). The Morgan fingerprint density at radius 2 is 2.50 bits per heavy atom. The van der Waals surface area contributed by atoms with Crippen LogP contribution in [0.4, 0.5) is 0 Å². The molecule has 1 saturated heterocycles. The number of hydrogen-bond acceptors (Lipinski definition) is 2. The predicted molar refractivity (Wildman–Crippen MR) is 45.9 cm³/mol. The van der Waals surface area contributed by atoms with E-state index in [1.54, 1.807) is 4.91 Å². The van der Waals surface area contributed by atoms with Crippen LogP contribution in [0.1, 0.15) is 19.8 Å². The maximum Gasteiger partial charge on any atom is 0.0467 e. The number of hydrogen-bond donors (Lipinski definition) is 1. The van der Waals surface area contributed by atoms with Crippen LogP contribution in [0, 0.1) is 5.92 Å². The number of fused-ring (bicyclic) bond motifs is 1. The third-order valence-corrected chi connectivity index (χ3v) is 3.34. The minimum Gasteiger partial charge on any atom is -0.300 e. The summed E-state index contributed by atoms with van der Waals surface area (Å²) in [6.07, 6.45) is 5.14. The second kappa shape index (κ2) is 2.59. The first-order valence-electron chi connectivity index (χ1n) is 3.94. The maximum atomic E-state index is 3.47. The van der Waals surface area contributed by atoms with Gasteiger partial charge in [-0.05, 0) is 23.7 Å². The van der Waals surface area contributed by atoms with Crippen molar-refractivity contribution in [1.29, 1.82) is 0 Å². The first-order valence-corrected chi connectivity index (χ1v) is 4.93. The number of rotatable bonds is 0. The van der Waals surface area contributed by atoms with Gasteiger partial charge in [-0.25, -0.2) is 0 Å². The van der Waals surface area contributed by atoms with Crippen molar-refractivity contribution >= 4 is 11.8 Å². The van der Waals surface area contributed by atoms with Crippen molar-refractivity contribution in [2.24, 2.45) is 5.92 Å². The predicted octanol–water partition coefficient (Wildman–Crippen LogP) is 1.96. The third kappa shape index (κ3) is 1.10. The lowest BCUT2D eigenvalue weighted by atomic mass is 9.94. The van der Waals surface area contributed by atoms with Gasteiger partial charge in [0, 0.05) is 11.9 Å². The average Bonchev–Trinajstić information content (AvgIpc) is 2.33. The van der Waals surface area contributed by atoms with Crippen molar-refractivity contribution < 1.29 is 0 Å². The van der Waals surface area contributed by atoms with E-state index in [0.29, 0.717) is 0 Å². The molecule has 0 aromatic heterocycles. The van der Waals surface area contributed by atoms with E-state index >= 15 is 0 Å². The smallest absolute Gasteiger partial charge is 0.0467 e. The topological polar surface area (TPSA) is 12.0 Å². The quantitative estimate of drug-likeness (QED) is 0.574. The lowest BCUT2D eigenvalue weighted by Gasteiger charge is -2.20. The molecule has 0 aromatic rings. The van der Waals surface area contributed by atoms with Crippen LogP contribution < -0.4 is 5.32 Å². The highest BCUT2D eigenvalue weighted by molar-refractivity contribution is 8.03. The fraction of sp³-hybridized carbons (Fsp3) is 0.750. The van der Waals surface area contributed by atoms with Crippen molar-refractivity contribution in [1.82, 2.24) is 5.32 Å². The molecule has 2 atom stereocenters. The van der Waals surface area contributed by atoms with E-state index in [1.165, 1.54) is 12.8 Å². The summed E-state index contributed by atoms with van der Waals surface area (Å²) in [7, 11) is 0. The second-order valence-corrected chi connectivity index (χ2v) is 4.22. The molecule has 0 amide bonds. The van der Waals surface area contributed by atoms with Crippen LogP contribution in [-0.2, 0) is 0 Å². The van der Waals surface area contributed by atoms with Crippen molar-refractivity contribution in [3.63, 3.8) is 0 Å². The summed E-state index contributed by atoms with van der Waals surface area (Å²) in [6.45, 7) is 2.31. The molecule has 2 heteroatoms. The molecular weight excluding hydrogens is 142 g/mol. The van der Waals surface area contributed by atoms with Gasteiger partial charge in [-0.3, -0.25) is 0 Å². The molecule has 1 nitrogen and oxygen atoms in total. The summed E-state index contributed by atoms with van der Waals surface area (Å²) in [4.78, 5) is 1.60. The Bertz CT molecular complexity index is 165. The van der Waals surface area contributed by atoms with Crippen LogP contribution in [0.2, 0.25) is 0 Å². The van der Waals surface area contributed by atoms with Crippen molar-refractivity contribution in [3.05, 3.63) is 11.0 Å². The molecule has 1 fully saturated rings. The molecule has 0 aromatic carbocycles. The van der Waals surface area contributed by atoms with Gasteiger partial charge in [-0.2, -0.15) is 0 Å². The molecule has 1 aliphatic carbocycles. The summed E-state index contributed by atoms with van der Waals surface area (Å²) in [6, 6.07) is 0.723. The van der Waals surface area contributed by atoms with Crippen LogP contribution in [0.3, 0.4) is 0 Å². The highest BCUT2D eigenvalue weighted by atomic mass is 32.2. The Balaban J connectivity index is 2.16. The number of nitrogens with one attached hydrogen (secondary N) is 1. The van der Waals surface area contributed by atoms with Crippen molar-refractivity contribution in [2.75, 3.05) is 5.88 Å². The molecule has 56 valence electrons. The maximum absolute atomic E-state index is 3.47. The summed E-state index contributed by atoms with van der Waals surface area (Å²) in [5.74, 6) is 1.95. The first-order chi connectivity index (χ1) is 4.86. The Morgan fingerprint density at radius 1 is 1.60 bits per heavy atom. The molecular formula is C8H13NS. The van der Waals surface area contributed by atoms with E-state index in [-0.39, 0.29) is 0 Å².